The molecule has 1 fully saturated rings. The number of carboxylic acids is 1. The standard InChI is InChI=1S/C16H18N2O4S.CHF3/c19-16(20)15-14-12-6-1-2-7-13(12)18(15)9-10-4-3-5-11(8-10)23(21,22)17-14;2-1(3)4/h1-2,6-7,10-11,17H,3-5,8-9H2,(H,19,20);1H. The summed E-state index contributed by atoms with van der Waals surface area (Å²) in [4.78, 5) is 11.8. The molecule has 2 unspecified atom stereocenters. The van der Waals surface area contributed by atoms with Gasteiger partial charge >= 0.3 is 12.6 Å². The molecular formula is C17H19F3N2O4S. The number of sulfonamides is 1. The van der Waals surface area contributed by atoms with E-state index in [4.69, 9.17) is 0 Å². The summed E-state index contributed by atoms with van der Waals surface area (Å²) in [6.45, 7) is -3.12. The van der Waals surface area contributed by atoms with E-state index in [1.165, 1.54) is 0 Å². The SMILES string of the molecule is FC(F)F.O=C(O)c1c2c3ccccc3n1CC1CCCC(C1)S(=O)(=O)N2. The molecule has 1 saturated carbocycles. The Morgan fingerprint density at radius 3 is 2.56 bits per heavy atom. The van der Waals surface area contributed by atoms with Crippen LogP contribution in [0.3, 0.4) is 0 Å². The van der Waals surface area contributed by atoms with Crippen LogP contribution in [-0.2, 0) is 16.6 Å². The minimum atomic E-state index is -3.67. The van der Waals surface area contributed by atoms with Crippen molar-refractivity contribution in [3.63, 3.8) is 0 Å². The zero-order valence-electron chi connectivity index (χ0n) is 14.2. The monoisotopic (exact) mass is 404 g/mol. The number of nitrogens with zero attached hydrogens (tertiary/aromatic N) is 1. The predicted molar refractivity (Wildman–Crippen MR) is 94.3 cm³/mol. The summed E-state index contributed by atoms with van der Waals surface area (Å²) >= 11 is 0. The molecule has 1 aliphatic carbocycles. The Labute approximate surface area is 154 Å². The lowest BCUT2D eigenvalue weighted by molar-refractivity contribution is 0.00817. The number of para-hydroxylation sites is 1. The first kappa shape index (κ1) is 19.5. The van der Waals surface area contributed by atoms with Gasteiger partial charge in [-0.2, -0.15) is 13.2 Å². The van der Waals surface area contributed by atoms with Crippen LogP contribution in [0.4, 0.5) is 18.9 Å². The minimum Gasteiger partial charge on any atom is -0.477 e. The van der Waals surface area contributed by atoms with E-state index >= 15 is 0 Å². The number of benzene rings is 1. The van der Waals surface area contributed by atoms with Crippen molar-refractivity contribution in [3.8, 4) is 0 Å². The highest BCUT2D eigenvalue weighted by atomic mass is 32.2. The van der Waals surface area contributed by atoms with Gasteiger partial charge in [0.05, 0.1) is 16.5 Å². The van der Waals surface area contributed by atoms with Crippen LogP contribution in [0.5, 0.6) is 0 Å². The Morgan fingerprint density at radius 1 is 1.22 bits per heavy atom. The molecule has 148 valence electrons. The van der Waals surface area contributed by atoms with Crippen LogP contribution in [0.1, 0.15) is 36.2 Å². The van der Waals surface area contributed by atoms with E-state index in [2.05, 4.69) is 4.72 Å². The van der Waals surface area contributed by atoms with Crippen molar-refractivity contribution in [2.45, 2.75) is 44.2 Å². The first-order valence-corrected chi connectivity index (χ1v) is 10.0. The number of fused-ring (bicyclic) bond motifs is 7. The number of carboxylic acid groups (broad SMARTS) is 1. The van der Waals surface area contributed by atoms with Crippen LogP contribution in [0, 0.1) is 5.92 Å². The lowest BCUT2D eigenvalue weighted by Gasteiger charge is -2.29. The van der Waals surface area contributed by atoms with Crippen molar-refractivity contribution >= 4 is 32.6 Å². The van der Waals surface area contributed by atoms with Gasteiger partial charge in [-0.05, 0) is 31.2 Å². The first-order valence-electron chi connectivity index (χ1n) is 8.49. The fourth-order valence-corrected chi connectivity index (χ4v) is 5.65. The number of alkyl halides is 3. The van der Waals surface area contributed by atoms with Crippen LogP contribution in [0.25, 0.3) is 10.9 Å². The third kappa shape index (κ3) is 3.90. The van der Waals surface area contributed by atoms with Gasteiger partial charge in [-0.25, -0.2) is 13.2 Å². The second-order valence-corrected chi connectivity index (χ2v) is 8.67. The molecule has 0 amide bonds. The Kier molecular flexibility index (Phi) is 5.36. The van der Waals surface area contributed by atoms with Crippen LogP contribution in [-0.4, -0.2) is 36.0 Å². The van der Waals surface area contributed by atoms with Gasteiger partial charge < -0.3 is 9.67 Å². The summed E-state index contributed by atoms with van der Waals surface area (Å²) in [6.07, 6.45) is 3.04. The van der Waals surface area contributed by atoms with Crippen LogP contribution >= 0.6 is 0 Å². The first-order chi connectivity index (χ1) is 12.7. The normalized spacial score (nSPS) is 23.4. The topological polar surface area (TPSA) is 88.4 Å². The van der Waals surface area contributed by atoms with Gasteiger partial charge in [0.25, 0.3) is 0 Å². The molecule has 0 radical (unpaired) electrons. The predicted octanol–water partition coefficient (Wildman–Crippen LogP) is 3.83. The average Bonchev–Trinajstić information content (AvgIpc) is 2.89. The van der Waals surface area contributed by atoms with Crippen molar-refractivity contribution in [1.29, 1.82) is 0 Å². The molecule has 0 saturated heterocycles. The fourth-order valence-electron chi connectivity index (χ4n) is 3.99. The zero-order valence-corrected chi connectivity index (χ0v) is 15.1. The molecule has 2 heterocycles. The summed E-state index contributed by atoms with van der Waals surface area (Å²) in [5, 5.41) is 9.89. The maximum Gasteiger partial charge on any atom is 0.379 e. The third-order valence-corrected chi connectivity index (χ3v) is 6.83. The molecule has 1 aliphatic heterocycles. The van der Waals surface area contributed by atoms with E-state index in [0.717, 1.165) is 18.4 Å². The highest BCUT2D eigenvalue weighted by Crippen LogP contribution is 2.39. The molecule has 2 atom stereocenters. The van der Waals surface area contributed by atoms with Gasteiger partial charge in [0.1, 0.15) is 0 Å². The van der Waals surface area contributed by atoms with Gasteiger partial charge in [-0.1, -0.05) is 24.6 Å². The zero-order chi connectivity index (χ0) is 19.8. The number of aromatic carboxylic acids is 1. The molecular weight excluding hydrogens is 385 g/mol. The van der Waals surface area contributed by atoms with E-state index in [1.54, 1.807) is 16.7 Å². The molecule has 1 aromatic carbocycles. The summed E-state index contributed by atoms with van der Waals surface area (Å²) < 4.78 is 58.8. The smallest absolute Gasteiger partial charge is 0.379 e. The van der Waals surface area contributed by atoms with Crippen molar-refractivity contribution in [1.82, 2.24) is 4.57 Å². The number of carbonyl (C=O) groups is 1. The van der Waals surface area contributed by atoms with Gasteiger partial charge in [0, 0.05) is 11.9 Å². The molecule has 1 aromatic heterocycles. The van der Waals surface area contributed by atoms with Crippen molar-refractivity contribution < 1.29 is 31.5 Å². The molecule has 4 bridgehead atoms. The Balaban J connectivity index is 0.000000481. The van der Waals surface area contributed by atoms with Crippen LogP contribution < -0.4 is 4.72 Å². The minimum absolute atomic E-state index is 0.0438. The van der Waals surface area contributed by atoms with Gasteiger partial charge in [0.15, 0.2) is 5.69 Å². The lowest BCUT2D eigenvalue weighted by Crippen LogP contribution is -2.33. The van der Waals surface area contributed by atoms with E-state index in [9.17, 15) is 31.5 Å². The highest BCUT2D eigenvalue weighted by molar-refractivity contribution is 7.93. The molecule has 27 heavy (non-hydrogen) atoms. The largest absolute Gasteiger partial charge is 0.477 e. The van der Waals surface area contributed by atoms with Crippen molar-refractivity contribution in [2.75, 3.05) is 4.72 Å². The molecule has 0 spiro atoms. The summed E-state index contributed by atoms with van der Waals surface area (Å²) in [5.41, 5.74) is 1.02. The van der Waals surface area contributed by atoms with E-state index in [1.807, 2.05) is 12.1 Å². The van der Waals surface area contributed by atoms with Crippen LogP contribution in [0.2, 0.25) is 0 Å². The molecule has 6 nitrogen and oxygen atoms in total. The fraction of sp³-hybridized carbons (Fsp3) is 0.471. The Hall–Kier alpha value is -2.23. The van der Waals surface area contributed by atoms with E-state index < -0.39 is 27.9 Å². The average molecular weight is 404 g/mol. The maximum atomic E-state index is 12.7. The molecule has 2 N–H and O–H groups in total. The van der Waals surface area contributed by atoms with Crippen molar-refractivity contribution in [3.05, 3.63) is 30.0 Å². The summed E-state index contributed by atoms with van der Waals surface area (Å²) in [7, 11) is -3.58. The summed E-state index contributed by atoms with van der Waals surface area (Å²) in [5.74, 6) is -0.916. The molecule has 4 rings (SSSR count). The quantitative estimate of drug-likeness (QED) is 0.756. The van der Waals surface area contributed by atoms with Crippen LogP contribution in [0.15, 0.2) is 24.3 Å². The van der Waals surface area contributed by atoms with E-state index in [-0.39, 0.29) is 17.3 Å². The second kappa shape index (κ2) is 7.41. The van der Waals surface area contributed by atoms with Gasteiger partial charge in [-0.3, -0.25) is 4.72 Å². The van der Waals surface area contributed by atoms with Gasteiger partial charge in [-0.15, -0.1) is 0 Å². The Morgan fingerprint density at radius 2 is 1.89 bits per heavy atom. The Bertz CT molecular complexity index is 956. The maximum absolute atomic E-state index is 12.7. The van der Waals surface area contributed by atoms with Crippen molar-refractivity contribution in [2.24, 2.45) is 5.92 Å². The number of halogens is 3. The second-order valence-electron chi connectivity index (χ2n) is 6.71. The number of nitrogens with one attached hydrogen (secondary N) is 1. The number of hydrogen-bond acceptors (Lipinski definition) is 3. The highest BCUT2D eigenvalue weighted by Gasteiger charge is 2.37. The molecule has 2 aromatic rings. The van der Waals surface area contributed by atoms with Gasteiger partial charge in [0.2, 0.25) is 10.0 Å². The lowest BCUT2D eigenvalue weighted by atomic mass is 9.88. The number of aromatic nitrogens is 1. The van der Waals surface area contributed by atoms with E-state index in [0.29, 0.717) is 24.8 Å². The molecule has 2 aliphatic rings. The number of anilines is 1. The summed E-state index contributed by atoms with van der Waals surface area (Å²) in [6, 6.07) is 7.26. The number of hydrogen-bond donors (Lipinski definition) is 2. The third-order valence-electron chi connectivity index (χ3n) is 5.03. The number of rotatable bonds is 1. The molecule has 10 heteroatoms.